The number of alkyl halides is 3. The highest BCUT2D eigenvalue weighted by atomic mass is 35.5. The van der Waals surface area contributed by atoms with E-state index >= 15 is 0 Å². The third-order valence-corrected chi connectivity index (χ3v) is 5.49. The van der Waals surface area contributed by atoms with Crippen molar-refractivity contribution in [1.82, 2.24) is 15.2 Å². The van der Waals surface area contributed by atoms with Crippen LogP contribution in [-0.4, -0.2) is 48.1 Å². The van der Waals surface area contributed by atoms with Crippen molar-refractivity contribution in [2.45, 2.75) is 28.5 Å². The summed E-state index contributed by atoms with van der Waals surface area (Å²) in [7, 11) is 0. The highest BCUT2D eigenvalue weighted by Crippen LogP contribution is 2.65. The van der Waals surface area contributed by atoms with Gasteiger partial charge in [-0.05, 0) is 12.3 Å². The maximum Gasteiger partial charge on any atom is 0.451 e. The predicted molar refractivity (Wildman–Crippen MR) is 75.6 cm³/mol. The Labute approximate surface area is 142 Å². The number of rotatable bonds is 4. The fraction of sp³-hybridized carbons (Fsp3) is 0.636. The van der Waals surface area contributed by atoms with E-state index in [1.54, 1.807) is 5.10 Å². The highest BCUT2D eigenvalue weighted by molar-refractivity contribution is 7.99. The molecule has 134 valence electrons. The molecule has 1 heterocycles. The first kappa shape index (κ1) is 18.8. The lowest BCUT2D eigenvalue weighted by atomic mass is 9.91. The molecular formula is C11H12ClF3N4O4S. The number of hydrogen-bond donors (Lipinski definition) is 4. The Morgan fingerprint density at radius 3 is 2.46 bits per heavy atom. The molecule has 5 atom stereocenters. The Hall–Kier alpha value is -1.53. The second-order valence-corrected chi connectivity index (χ2v) is 6.84. The molecule has 1 aromatic heterocycles. The number of H-pyrrole nitrogens is 1. The summed E-state index contributed by atoms with van der Waals surface area (Å²) >= 11 is 0.819. The standard InChI is InChI=1S/C11H11F3N4O4S.ClH/c12-11(13,14)7-16-9(18-17-7)23-2-1-10(15,8(21)22)5-3(2)4(5)6(19)20;/h2-5H,1,15H2,(H,19,20)(H,21,22)(H,16,17,18);1H/t2-,3-,4-,5-,10-;/m0./s1. The van der Waals surface area contributed by atoms with Gasteiger partial charge in [-0.25, -0.2) is 0 Å². The molecule has 8 nitrogen and oxygen atoms in total. The summed E-state index contributed by atoms with van der Waals surface area (Å²) in [6, 6.07) is 0. The summed E-state index contributed by atoms with van der Waals surface area (Å²) in [5.41, 5.74) is 4.13. The number of carbonyl (C=O) groups is 2. The van der Waals surface area contributed by atoms with Crippen LogP contribution in [-0.2, 0) is 15.8 Å². The maximum atomic E-state index is 12.5. The third-order valence-electron chi connectivity index (χ3n) is 4.31. The van der Waals surface area contributed by atoms with Crippen LogP contribution >= 0.6 is 24.2 Å². The monoisotopic (exact) mass is 388 g/mol. The Bertz CT molecular complexity index is 686. The van der Waals surface area contributed by atoms with Gasteiger partial charge in [0.15, 0.2) is 0 Å². The molecule has 0 aromatic carbocycles. The average molecular weight is 389 g/mol. The molecule has 24 heavy (non-hydrogen) atoms. The van der Waals surface area contributed by atoms with Crippen LogP contribution in [0, 0.1) is 17.8 Å². The first-order valence-electron chi connectivity index (χ1n) is 6.47. The minimum absolute atomic E-state index is 0. The van der Waals surface area contributed by atoms with Crippen LogP contribution in [0.2, 0.25) is 0 Å². The number of hydrogen-bond acceptors (Lipinski definition) is 6. The van der Waals surface area contributed by atoms with Crippen molar-refractivity contribution in [3.05, 3.63) is 5.82 Å². The molecule has 2 fully saturated rings. The molecule has 5 N–H and O–H groups in total. The van der Waals surface area contributed by atoms with Gasteiger partial charge in [-0.3, -0.25) is 14.7 Å². The van der Waals surface area contributed by atoms with Gasteiger partial charge >= 0.3 is 18.1 Å². The molecule has 13 heteroatoms. The summed E-state index contributed by atoms with van der Waals surface area (Å²) < 4.78 is 37.4. The van der Waals surface area contributed by atoms with Crippen molar-refractivity contribution >= 4 is 36.1 Å². The van der Waals surface area contributed by atoms with Crippen molar-refractivity contribution < 1.29 is 33.0 Å². The van der Waals surface area contributed by atoms with E-state index in [2.05, 4.69) is 10.1 Å². The summed E-state index contributed by atoms with van der Waals surface area (Å²) in [4.78, 5) is 25.8. The summed E-state index contributed by atoms with van der Waals surface area (Å²) in [5, 5.41) is 22.8. The van der Waals surface area contributed by atoms with Gasteiger partial charge in [0.25, 0.3) is 0 Å². The molecule has 2 saturated carbocycles. The zero-order valence-corrected chi connectivity index (χ0v) is 13.3. The fourth-order valence-corrected chi connectivity index (χ4v) is 4.66. The van der Waals surface area contributed by atoms with E-state index < -0.39 is 52.5 Å². The van der Waals surface area contributed by atoms with E-state index in [1.165, 1.54) is 0 Å². The lowest BCUT2D eigenvalue weighted by Crippen LogP contribution is -2.50. The van der Waals surface area contributed by atoms with Crippen LogP contribution < -0.4 is 5.73 Å². The molecule has 3 rings (SSSR count). The van der Waals surface area contributed by atoms with E-state index in [4.69, 9.17) is 10.8 Å². The fourth-order valence-electron chi connectivity index (χ4n) is 3.30. The molecule has 0 unspecified atom stereocenters. The van der Waals surface area contributed by atoms with Crippen molar-refractivity contribution in [2.75, 3.05) is 0 Å². The number of carboxylic acid groups (broad SMARTS) is 2. The quantitative estimate of drug-likeness (QED) is 0.594. The van der Waals surface area contributed by atoms with Crippen molar-refractivity contribution in [3.8, 4) is 0 Å². The summed E-state index contributed by atoms with van der Waals surface area (Å²) in [6.07, 6.45) is -4.73. The molecule has 2 aliphatic rings. The molecule has 0 saturated heterocycles. The number of thioether (sulfide) groups is 1. The molecule has 0 amide bonds. The maximum absolute atomic E-state index is 12.5. The van der Waals surface area contributed by atoms with E-state index in [9.17, 15) is 27.9 Å². The number of halogens is 4. The molecular weight excluding hydrogens is 377 g/mol. The van der Waals surface area contributed by atoms with Crippen LogP contribution in [0.1, 0.15) is 12.2 Å². The Morgan fingerprint density at radius 1 is 1.38 bits per heavy atom. The smallest absolute Gasteiger partial charge is 0.451 e. The topological polar surface area (TPSA) is 142 Å². The van der Waals surface area contributed by atoms with Crippen LogP contribution in [0.4, 0.5) is 13.2 Å². The third kappa shape index (κ3) is 2.82. The second-order valence-electron chi connectivity index (χ2n) is 5.64. The highest BCUT2D eigenvalue weighted by Gasteiger charge is 2.74. The normalized spacial score (nSPS) is 34.3. The largest absolute Gasteiger partial charge is 0.481 e. The van der Waals surface area contributed by atoms with Gasteiger partial charge in [0, 0.05) is 11.2 Å². The second kappa shape index (κ2) is 5.77. The first-order chi connectivity index (χ1) is 10.6. The van der Waals surface area contributed by atoms with Gasteiger partial charge in [0.1, 0.15) is 5.54 Å². The van der Waals surface area contributed by atoms with Gasteiger partial charge in [0.05, 0.1) is 5.92 Å². The lowest BCUT2D eigenvalue weighted by molar-refractivity contribution is -0.146. The Kier molecular flexibility index (Phi) is 4.52. The van der Waals surface area contributed by atoms with Crippen LogP contribution in [0.5, 0.6) is 0 Å². The van der Waals surface area contributed by atoms with Crippen molar-refractivity contribution in [3.63, 3.8) is 0 Å². The number of nitrogens with two attached hydrogens (primary N) is 1. The van der Waals surface area contributed by atoms with Gasteiger partial charge in [-0.1, -0.05) is 11.8 Å². The number of aromatic nitrogens is 3. The summed E-state index contributed by atoms with van der Waals surface area (Å²) in [5.74, 6) is -5.92. The number of aliphatic carboxylic acids is 2. The Balaban J connectivity index is 0.00000208. The van der Waals surface area contributed by atoms with Gasteiger partial charge in [-0.2, -0.15) is 18.2 Å². The van der Waals surface area contributed by atoms with Crippen LogP contribution in [0.15, 0.2) is 5.16 Å². The number of nitrogens with one attached hydrogen (secondary N) is 1. The first-order valence-corrected chi connectivity index (χ1v) is 7.35. The Morgan fingerprint density at radius 2 is 2.00 bits per heavy atom. The van der Waals surface area contributed by atoms with Crippen LogP contribution in [0.3, 0.4) is 0 Å². The average Bonchev–Trinajstić information content (AvgIpc) is 2.88. The minimum Gasteiger partial charge on any atom is -0.481 e. The van der Waals surface area contributed by atoms with E-state index in [0.717, 1.165) is 11.8 Å². The van der Waals surface area contributed by atoms with E-state index in [1.807, 2.05) is 0 Å². The molecule has 0 bridgehead atoms. The van der Waals surface area contributed by atoms with Gasteiger partial charge in [0.2, 0.25) is 11.0 Å². The van der Waals surface area contributed by atoms with Crippen LogP contribution in [0.25, 0.3) is 0 Å². The van der Waals surface area contributed by atoms with E-state index in [-0.39, 0.29) is 24.0 Å². The molecule has 2 aliphatic carbocycles. The number of carboxylic acids is 2. The van der Waals surface area contributed by atoms with Gasteiger partial charge < -0.3 is 15.9 Å². The minimum atomic E-state index is -4.67. The lowest BCUT2D eigenvalue weighted by Gasteiger charge is -2.23. The molecule has 0 aliphatic heterocycles. The van der Waals surface area contributed by atoms with Gasteiger partial charge in [-0.15, -0.1) is 17.5 Å². The predicted octanol–water partition coefficient (Wildman–Crippen LogP) is 0.839. The molecule has 0 radical (unpaired) electrons. The number of fused-ring (bicyclic) bond motifs is 1. The SMILES string of the molecule is Cl.N[C@@]1(C(=O)O)C[C@H](Sc2n[nH]c(C(F)(F)F)n2)[C@H]2[C@H](C(=O)O)[C@H]21. The van der Waals surface area contributed by atoms with Crippen molar-refractivity contribution in [1.29, 1.82) is 0 Å². The van der Waals surface area contributed by atoms with Crippen molar-refractivity contribution in [2.24, 2.45) is 23.5 Å². The number of aromatic amines is 1. The zero-order chi connectivity index (χ0) is 17.2. The molecule has 0 spiro atoms. The molecule has 1 aromatic rings. The number of nitrogens with zero attached hydrogens (tertiary/aromatic N) is 2. The van der Waals surface area contributed by atoms with E-state index in [0.29, 0.717) is 0 Å². The summed E-state index contributed by atoms with van der Waals surface area (Å²) in [6.45, 7) is 0. The zero-order valence-electron chi connectivity index (χ0n) is 11.6.